The van der Waals surface area contributed by atoms with Crippen molar-refractivity contribution in [2.75, 3.05) is 6.54 Å². The second-order valence-corrected chi connectivity index (χ2v) is 7.30. The molecule has 1 N–H and O–H groups in total. The first-order chi connectivity index (χ1) is 9.56. The van der Waals surface area contributed by atoms with Crippen LogP contribution in [-0.4, -0.2) is 34.6 Å². The van der Waals surface area contributed by atoms with Gasteiger partial charge in [-0.3, -0.25) is 9.69 Å². The Labute approximate surface area is 123 Å². The van der Waals surface area contributed by atoms with Crippen LogP contribution in [0.5, 0.6) is 0 Å². The second-order valence-electron chi connectivity index (χ2n) is 7.30. The number of likely N-dealkylation sites (tertiary alicyclic amines) is 1. The summed E-state index contributed by atoms with van der Waals surface area (Å²) in [6.45, 7) is 5.76. The fourth-order valence-corrected chi connectivity index (χ4v) is 4.37. The summed E-state index contributed by atoms with van der Waals surface area (Å²) >= 11 is 0. The Morgan fingerprint density at radius 3 is 2.70 bits per heavy atom. The highest BCUT2D eigenvalue weighted by Gasteiger charge is 2.33. The first-order valence-corrected chi connectivity index (χ1v) is 8.53. The van der Waals surface area contributed by atoms with Crippen LogP contribution in [0.25, 0.3) is 0 Å². The number of nitrogens with zero attached hydrogens (tertiary/aromatic N) is 1. The van der Waals surface area contributed by atoms with E-state index >= 15 is 0 Å². The van der Waals surface area contributed by atoms with Crippen molar-refractivity contribution in [3.8, 4) is 0 Å². The molecule has 2 aliphatic rings. The Morgan fingerprint density at radius 2 is 2.00 bits per heavy atom. The molecule has 0 bridgehead atoms. The monoisotopic (exact) mass is 281 g/mol. The summed E-state index contributed by atoms with van der Waals surface area (Å²) in [7, 11) is 0. The number of hydrogen-bond acceptors (Lipinski definition) is 2. The summed E-state index contributed by atoms with van der Waals surface area (Å²) in [4.78, 5) is 13.6. The van der Waals surface area contributed by atoms with Gasteiger partial charge in [0.2, 0.25) is 0 Å². The van der Waals surface area contributed by atoms with Gasteiger partial charge in [0.05, 0.1) is 6.42 Å². The molecule has 1 aliphatic carbocycles. The fourth-order valence-electron chi connectivity index (χ4n) is 4.37. The second kappa shape index (κ2) is 7.44. The molecular weight excluding hydrogens is 250 g/mol. The van der Waals surface area contributed by atoms with Crippen LogP contribution in [0, 0.1) is 11.8 Å². The summed E-state index contributed by atoms with van der Waals surface area (Å²) in [5.41, 5.74) is 0. The van der Waals surface area contributed by atoms with E-state index in [2.05, 4.69) is 18.7 Å². The predicted molar refractivity (Wildman–Crippen MR) is 81.8 cm³/mol. The minimum atomic E-state index is -0.628. The molecular formula is C17H31NO2. The van der Waals surface area contributed by atoms with E-state index in [1.807, 2.05) is 0 Å². The number of carboxylic acid groups (broad SMARTS) is 1. The molecule has 1 aliphatic heterocycles. The molecule has 0 radical (unpaired) electrons. The lowest BCUT2D eigenvalue weighted by Gasteiger charge is -2.44. The smallest absolute Gasteiger partial charge is 0.304 e. The number of carboxylic acids is 1. The van der Waals surface area contributed by atoms with Gasteiger partial charge >= 0.3 is 5.97 Å². The minimum absolute atomic E-state index is 0.295. The molecule has 0 aromatic carbocycles. The van der Waals surface area contributed by atoms with Gasteiger partial charge in [-0.25, -0.2) is 0 Å². The van der Waals surface area contributed by atoms with Crippen LogP contribution in [-0.2, 0) is 4.79 Å². The summed E-state index contributed by atoms with van der Waals surface area (Å²) in [5.74, 6) is 1.02. The Morgan fingerprint density at radius 1 is 1.20 bits per heavy atom. The van der Waals surface area contributed by atoms with Gasteiger partial charge in [0, 0.05) is 12.1 Å². The quantitative estimate of drug-likeness (QED) is 0.830. The molecule has 0 spiro atoms. The summed E-state index contributed by atoms with van der Waals surface area (Å²) in [5, 5.41) is 9.13. The van der Waals surface area contributed by atoms with E-state index in [9.17, 15) is 4.79 Å². The Hall–Kier alpha value is -0.570. The van der Waals surface area contributed by atoms with Crippen molar-refractivity contribution in [3.05, 3.63) is 0 Å². The van der Waals surface area contributed by atoms with Gasteiger partial charge in [0.15, 0.2) is 0 Å². The average molecular weight is 281 g/mol. The van der Waals surface area contributed by atoms with Crippen molar-refractivity contribution in [1.82, 2.24) is 4.90 Å². The third kappa shape index (κ3) is 4.47. The van der Waals surface area contributed by atoms with Gasteiger partial charge in [-0.05, 0) is 50.5 Å². The lowest BCUT2D eigenvalue weighted by molar-refractivity contribution is -0.139. The Bertz CT molecular complexity index is 316. The van der Waals surface area contributed by atoms with E-state index in [4.69, 9.17) is 5.11 Å². The van der Waals surface area contributed by atoms with Gasteiger partial charge in [0.25, 0.3) is 0 Å². The standard InChI is InChI=1S/C17H31NO2/c1-13(2)10-14-6-5-8-15(11-14)18-9-4-3-7-16(18)12-17(19)20/h13-16H,3-12H2,1-2H3,(H,19,20). The zero-order valence-corrected chi connectivity index (χ0v) is 13.2. The zero-order valence-electron chi connectivity index (χ0n) is 13.2. The third-order valence-corrected chi connectivity index (χ3v) is 5.11. The van der Waals surface area contributed by atoms with E-state index in [-0.39, 0.29) is 0 Å². The number of aliphatic carboxylic acids is 1. The van der Waals surface area contributed by atoms with E-state index in [1.165, 1.54) is 44.9 Å². The lowest BCUT2D eigenvalue weighted by Crippen LogP contribution is -2.48. The molecule has 0 aromatic heterocycles. The lowest BCUT2D eigenvalue weighted by atomic mass is 9.79. The van der Waals surface area contributed by atoms with Gasteiger partial charge in [-0.2, -0.15) is 0 Å². The van der Waals surface area contributed by atoms with Crippen LogP contribution in [0.3, 0.4) is 0 Å². The van der Waals surface area contributed by atoms with Crippen molar-refractivity contribution in [2.24, 2.45) is 11.8 Å². The molecule has 3 atom stereocenters. The largest absolute Gasteiger partial charge is 0.481 e. The van der Waals surface area contributed by atoms with Crippen LogP contribution < -0.4 is 0 Å². The predicted octanol–water partition coefficient (Wildman–Crippen LogP) is 3.92. The highest BCUT2D eigenvalue weighted by atomic mass is 16.4. The SMILES string of the molecule is CC(C)CC1CCCC(N2CCCCC2CC(=O)O)C1. The first-order valence-electron chi connectivity index (χ1n) is 8.53. The van der Waals surface area contributed by atoms with Crippen LogP contribution in [0.2, 0.25) is 0 Å². The van der Waals surface area contributed by atoms with Crippen LogP contribution >= 0.6 is 0 Å². The fraction of sp³-hybridized carbons (Fsp3) is 0.941. The summed E-state index contributed by atoms with van der Waals surface area (Å²) in [6, 6.07) is 0.946. The van der Waals surface area contributed by atoms with E-state index in [1.54, 1.807) is 0 Å². The van der Waals surface area contributed by atoms with E-state index in [0.717, 1.165) is 24.8 Å². The van der Waals surface area contributed by atoms with Crippen LogP contribution in [0.1, 0.15) is 71.6 Å². The molecule has 20 heavy (non-hydrogen) atoms. The number of piperidine rings is 1. The van der Waals surface area contributed by atoms with E-state index < -0.39 is 5.97 Å². The zero-order chi connectivity index (χ0) is 14.5. The first kappa shape index (κ1) is 15.8. The molecule has 0 aromatic rings. The van der Waals surface area contributed by atoms with E-state index in [0.29, 0.717) is 18.5 Å². The highest BCUT2D eigenvalue weighted by Crippen LogP contribution is 2.35. The number of rotatable bonds is 5. The summed E-state index contributed by atoms with van der Waals surface area (Å²) in [6.07, 6.45) is 10.5. The molecule has 3 heteroatoms. The van der Waals surface area contributed by atoms with Gasteiger partial charge in [0.1, 0.15) is 0 Å². The van der Waals surface area contributed by atoms with Crippen molar-refractivity contribution < 1.29 is 9.90 Å². The van der Waals surface area contributed by atoms with Crippen molar-refractivity contribution in [1.29, 1.82) is 0 Å². The normalized spacial score (nSPS) is 32.5. The van der Waals surface area contributed by atoms with Crippen molar-refractivity contribution in [3.63, 3.8) is 0 Å². The molecule has 1 saturated heterocycles. The van der Waals surface area contributed by atoms with Crippen LogP contribution in [0.15, 0.2) is 0 Å². The van der Waals surface area contributed by atoms with Gasteiger partial charge in [-0.15, -0.1) is 0 Å². The van der Waals surface area contributed by atoms with Gasteiger partial charge < -0.3 is 5.11 Å². The Kier molecular flexibility index (Phi) is 5.88. The number of carbonyl (C=O) groups is 1. The maximum Gasteiger partial charge on any atom is 0.304 e. The van der Waals surface area contributed by atoms with Crippen molar-refractivity contribution in [2.45, 2.75) is 83.7 Å². The topological polar surface area (TPSA) is 40.5 Å². The number of hydrogen-bond donors (Lipinski definition) is 1. The molecule has 3 unspecified atom stereocenters. The third-order valence-electron chi connectivity index (χ3n) is 5.11. The molecule has 1 saturated carbocycles. The highest BCUT2D eigenvalue weighted by molar-refractivity contribution is 5.67. The van der Waals surface area contributed by atoms with Crippen LogP contribution in [0.4, 0.5) is 0 Å². The molecule has 3 nitrogen and oxygen atoms in total. The molecule has 116 valence electrons. The summed E-state index contributed by atoms with van der Waals surface area (Å²) < 4.78 is 0. The Balaban J connectivity index is 1.94. The molecule has 1 heterocycles. The minimum Gasteiger partial charge on any atom is -0.481 e. The molecule has 0 amide bonds. The maximum atomic E-state index is 11.1. The molecule has 2 rings (SSSR count). The van der Waals surface area contributed by atoms with Gasteiger partial charge in [-0.1, -0.05) is 33.1 Å². The van der Waals surface area contributed by atoms with Crippen molar-refractivity contribution >= 4 is 5.97 Å². The maximum absolute atomic E-state index is 11.1. The average Bonchev–Trinajstić information content (AvgIpc) is 2.38. The molecule has 2 fully saturated rings.